The maximum Gasteiger partial charge on any atom is 0.223 e. The molecular formula is C14H28N4OS. The Morgan fingerprint density at radius 2 is 1.90 bits per heavy atom. The highest BCUT2D eigenvalue weighted by Gasteiger charge is 2.25. The molecule has 0 bridgehead atoms. The number of thiocarbonyl (C=S) groups is 1. The first-order chi connectivity index (χ1) is 9.45. The minimum absolute atomic E-state index is 0.194. The molecule has 1 aliphatic rings. The number of amides is 1. The molecule has 0 aromatic carbocycles. The van der Waals surface area contributed by atoms with Gasteiger partial charge in [-0.05, 0) is 6.42 Å². The number of hydrogen-bond acceptors (Lipinski definition) is 4. The Hall–Kier alpha value is -0.720. The van der Waals surface area contributed by atoms with Crippen LogP contribution in [-0.4, -0.2) is 78.5 Å². The maximum atomic E-state index is 11.6. The van der Waals surface area contributed by atoms with Crippen LogP contribution in [0.2, 0.25) is 0 Å². The smallest absolute Gasteiger partial charge is 0.223 e. The van der Waals surface area contributed by atoms with Crippen molar-refractivity contribution in [3.8, 4) is 0 Å². The fourth-order valence-electron chi connectivity index (χ4n) is 2.55. The van der Waals surface area contributed by atoms with E-state index in [-0.39, 0.29) is 11.9 Å². The van der Waals surface area contributed by atoms with Gasteiger partial charge in [-0.25, -0.2) is 0 Å². The van der Waals surface area contributed by atoms with E-state index in [0.717, 1.165) is 45.6 Å². The largest absolute Gasteiger partial charge is 0.392 e. The molecule has 6 heteroatoms. The first-order valence-corrected chi connectivity index (χ1v) is 7.82. The van der Waals surface area contributed by atoms with Crippen LogP contribution in [0.5, 0.6) is 0 Å². The summed E-state index contributed by atoms with van der Waals surface area (Å²) in [5, 5.41) is 0. The average Bonchev–Trinajstić information content (AvgIpc) is 2.42. The first kappa shape index (κ1) is 17.3. The second kappa shape index (κ2) is 8.54. The van der Waals surface area contributed by atoms with Gasteiger partial charge >= 0.3 is 0 Å². The summed E-state index contributed by atoms with van der Waals surface area (Å²) in [5.41, 5.74) is 5.85. The Kier molecular flexibility index (Phi) is 7.40. The monoisotopic (exact) mass is 300 g/mol. The number of carbonyl (C=O) groups is 1. The van der Waals surface area contributed by atoms with E-state index in [1.807, 2.05) is 0 Å². The highest BCUT2D eigenvalue weighted by molar-refractivity contribution is 7.80. The number of hydrogen-bond donors (Lipinski definition) is 1. The van der Waals surface area contributed by atoms with E-state index in [2.05, 4.69) is 16.7 Å². The molecule has 0 saturated carbocycles. The minimum Gasteiger partial charge on any atom is -0.392 e. The Morgan fingerprint density at radius 3 is 2.35 bits per heavy atom. The van der Waals surface area contributed by atoms with Crippen molar-refractivity contribution in [2.24, 2.45) is 5.73 Å². The molecule has 0 aromatic rings. The molecule has 0 spiro atoms. The third-order valence-corrected chi connectivity index (χ3v) is 4.15. The summed E-state index contributed by atoms with van der Waals surface area (Å²) >= 11 is 5.18. The summed E-state index contributed by atoms with van der Waals surface area (Å²) < 4.78 is 0. The van der Waals surface area contributed by atoms with E-state index < -0.39 is 0 Å². The van der Waals surface area contributed by atoms with E-state index in [0.29, 0.717) is 11.4 Å². The lowest BCUT2D eigenvalue weighted by Crippen LogP contribution is -2.54. The van der Waals surface area contributed by atoms with Crippen LogP contribution >= 0.6 is 12.2 Å². The molecule has 5 nitrogen and oxygen atoms in total. The van der Waals surface area contributed by atoms with E-state index in [4.69, 9.17) is 18.0 Å². The van der Waals surface area contributed by atoms with Gasteiger partial charge in [-0.2, -0.15) is 0 Å². The van der Waals surface area contributed by atoms with Gasteiger partial charge in [0, 0.05) is 53.2 Å². The van der Waals surface area contributed by atoms with Crippen LogP contribution in [0.3, 0.4) is 0 Å². The van der Waals surface area contributed by atoms with Crippen LogP contribution in [0.15, 0.2) is 0 Å². The summed E-state index contributed by atoms with van der Waals surface area (Å²) in [4.78, 5) is 18.6. The van der Waals surface area contributed by atoms with Crippen molar-refractivity contribution in [1.29, 1.82) is 0 Å². The van der Waals surface area contributed by atoms with Crippen molar-refractivity contribution in [3.63, 3.8) is 0 Å². The number of carbonyl (C=O) groups excluding carboxylic acids is 1. The Bertz CT molecular complexity index is 327. The molecule has 0 radical (unpaired) electrons. The summed E-state index contributed by atoms with van der Waals surface area (Å²) in [6.45, 7) is 6.95. The second-order valence-corrected chi connectivity index (χ2v) is 6.09. The maximum absolute atomic E-state index is 11.6. The topological polar surface area (TPSA) is 52.8 Å². The summed E-state index contributed by atoms with van der Waals surface area (Å²) in [6, 6.07) is 0.237. The van der Waals surface area contributed by atoms with E-state index in [1.165, 1.54) is 0 Å². The van der Waals surface area contributed by atoms with Crippen LogP contribution in [0.1, 0.15) is 26.2 Å². The second-order valence-electron chi connectivity index (χ2n) is 5.62. The number of nitrogens with zero attached hydrogens (tertiary/aromatic N) is 3. The van der Waals surface area contributed by atoms with Gasteiger partial charge in [-0.15, -0.1) is 0 Å². The molecule has 1 saturated heterocycles. The van der Waals surface area contributed by atoms with Crippen molar-refractivity contribution in [2.75, 3.05) is 46.8 Å². The number of rotatable bonds is 7. The molecule has 0 aromatic heterocycles. The van der Waals surface area contributed by atoms with E-state index >= 15 is 0 Å². The molecule has 1 unspecified atom stereocenters. The SMILES string of the molecule is CCCC(C(N)=S)N1CCN(CCC(=O)N(C)C)CC1. The lowest BCUT2D eigenvalue weighted by molar-refractivity contribution is -0.129. The Labute approximate surface area is 128 Å². The molecule has 1 atom stereocenters. The molecule has 1 fully saturated rings. The molecule has 1 heterocycles. The molecule has 2 N–H and O–H groups in total. The molecule has 1 rings (SSSR count). The quantitative estimate of drug-likeness (QED) is 0.696. The predicted octanol–water partition coefficient (Wildman–Crippen LogP) is 0.537. The van der Waals surface area contributed by atoms with Crippen LogP contribution in [0.4, 0.5) is 0 Å². The zero-order valence-electron chi connectivity index (χ0n) is 13.0. The van der Waals surface area contributed by atoms with Crippen molar-refractivity contribution in [3.05, 3.63) is 0 Å². The molecule has 116 valence electrons. The lowest BCUT2D eigenvalue weighted by Gasteiger charge is -2.39. The normalized spacial score (nSPS) is 18.8. The fourth-order valence-corrected chi connectivity index (χ4v) is 2.82. The van der Waals surface area contributed by atoms with Gasteiger partial charge in [0.15, 0.2) is 0 Å². The lowest BCUT2D eigenvalue weighted by atomic mass is 10.1. The highest BCUT2D eigenvalue weighted by atomic mass is 32.1. The average molecular weight is 300 g/mol. The van der Waals surface area contributed by atoms with Crippen LogP contribution in [0.25, 0.3) is 0 Å². The predicted molar refractivity (Wildman–Crippen MR) is 86.8 cm³/mol. The zero-order valence-corrected chi connectivity index (χ0v) is 13.8. The zero-order chi connectivity index (χ0) is 15.1. The third-order valence-electron chi connectivity index (χ3n) is 3.88. The fraction of sp³-hybridized carbons (Fsp3) is 0.857. The molecule has 20 heavy (non-hydrogen) atoms. The number of nitrogens with two attached hydrogens (primary N) is 1. The van der Waals surface area contributed by atoms with Gasteiger partial charge in [0.05, 0.1) is 11.0 Å². The van der Waals surface area contributed by atoms with E-state index in [9.17, 15) is 4.79 Å². The van der Waals surface area contributed by atoms with Gasteiger partial charge in [-0.1, -0.05) is 25.6 Å². The highest BCUT2D eigenvalue weighted by Crippen LogP contribution is 2.12. The van der Waals surface area contributed by atoms with Gasteiger partial charge < -0.3 is 15.5 Å². The van der Waals surface area contributed by atoms with Crippen LogP contribution in [0, 0.1) is 0 Å². The van der Waals surface area contributed by atoms with E-state index in [1.54, 1.807) is 19.0 Å². The molecule has 1 amide bonds. The Balaban J connectivity index is 2.35. The molecular weight excluding hydrogens is 272 g/mol. The van der Waals surface area contributed by atoms with Crippen molar-refractivity contribution in [1.82, 2.24) is 14.7 Å². The van der Waals surface area contributed by atoms with Gasteiger partial charge in [0.1, 0.15) is 0 Å². The minimum atomic E-state index is 0.194. The molecule has 0 aliphatic carbocycles. The van der Waals surface area contributed by atoms with Crippen LogP contribution in [-0.2, 0) is 4.79 Å². The third kappa shape index (κ3) is 5.34. The van der Waals surface area contributed by atoms with Gasteiger partial charge in [-0.3, -0.25) is 9.69 Å². The van der Waals surface area contributed by atoms with Crippen molar-refractivity contribution in [2.45, 2.75) is 32.2 Å². The number of piperazine rings is 1. The Morgan fingerprint density at radius 1 is 1.30 bits per heavy atom. The first-order valence-electron chi connectivity index (χ1n) is 7.41. The summed E-state index contributed by atoms with van der Waals surface area (Å²) in [5.74, 6) is 0.194. The van der Waals surface area contributed by atoms with Crippen molar-refractivity contribution < 1.29 is 4.79 Å². The van der Waals surface area contributed by atoms with Gasteiger partial charge in [0.25, 0.3) is 0 Å². The van der Waals surface area contributed by atoms with Gasteiger partial charge in [0.2, 0.25) is 5.91 Å². The summed E-state index contributed by atoms with van der Waals surface area (Å²) in [6.07, 6.45) is 2.73. The summed E-state index contributed by atoms with van der Waals surface area (Å²) in [7, 11) is 3.61. The van der Waals surface area contributed by atoms with Crippen LogP contribution < -0.4 is 5.73 Å². The van der Waals surface area contributed by atoms with Crippen molar-refractivity contribution >= 4 is 23.1 Å². The standard InChI is InChI=1S/C14H28N4OS/c1-4-5-12(14(15)20)18-10-8-17(9-11-18)7-6-13(19)16(2)3/h12H,4-11H2,1-3H3,(H2,15,20). The molecule has 1 aliphatic heterocycles.